The van der Waals surface area contributed by atoms with Crippen LogP contribution in [0.4, 0.5) is 0 Å². The standard InChI is InChI=1S/C17H34/c1-8-9-10-11-12-13-14-16(4,5)17(6,7)15(2)3/h1,8-14H2,2-7H3. The fourth-order valence-electron chi connectivity index (χ4n) is 2.26. The molecule has 0 amide bonds. The molecule has 0 atom stereocenters. The summed E-state index contributed by atoms with van der Waals surface area (Å²) < 4.78 is 0. The van der Waals surface area contributed by atoms with Crippen molar-refractivity contribution in [3.8, 4) is 0 Å². The average molecular weight is 238 g/mol. The average Bonchev–Trinajstić information content (AvgIpc) is 2.22. The van der Waals surface area contributed by atoms with E-state index in [0.29, 0.717) is 10.8 Å². The van der Waals surface area contributed by atoms with Crippen molar-refractivity contribution in [3.63, 3.8) is 0 Å². The van der Waals surface area contributed by atoms with Crippen LogP contribution in [0.5, 0.6) is 0 Å². The lowest BCUT2D eigenvalue weighted by atomic mass is 9.60. The van der Waals surface area contributed by atoms with E-state index >= 15 is 0 Å². The smallest absolute Gasteiger partial charge is 0.0241 e. The molecule has 0 bridgehead atoms. The van der Waals surface area contributed by atoms with E-state index in [2.05, 4.69) is 48.5 Å². The molecule has 0 fully saturated rings. The molecule has 2 radical (unpaired) electrons. The molecule has 0 saturated carbocycles. The molecule has 0 aromatic heterocycles. The number of hydrogen-bond donors (Lipinski definition) is 0. The van der Waals surface area contributed by atoms with Crippen LogP contribution in [0.2, 0.25) is 0 Å². The Labute approximate surface area is 111 Å². The first kappa shape index (κ1) is 17.0. The van der Waals surface area contributed by atoms with Gasteiger partial charge in [0.25, 0.3) is 0 Å². The van der Waals surface area contributed by atoms with Crippen molar-refractivity contribution in [3.05, 3.63) is 12.8 Å². The molecule has 0 unspecified atom stereocenters. The van der Waals surface area contributed by atoms with Crippen molar-refractivity contribution in [2.24, 2.45) is 10.8 Å². The Balaban J connectivity index is 3.93. The van der Waals surface area contributed by atoms with Crippen molar-refractivity contribution >= 4 is 0 Å². The van der Waals surface area contributed by atoms with Crippen LogP contribution in [-0.4, -0.2) is 0 Å². The second-order valence-corrected chi connectivity index (χ2v) is 6.88. The van der Waals surface area contributed by atoms with Crippen LogP contribution in [0.15, 0.2) is 0 Å². The van der Waals surface area contributed by atoms with Gasteiger partial charge in [-0.15, -0.1) is 0 Å². The zero-order valence-corrected chi connectivity index (χ0v) is 13.2. The van der Waals surface area contributed by atoms with Gasteiger partial charge in [-0.2, -0.15) is 0 Å². The largest absolute Gasteiger partial charge is 0.0594 e. The van der Waals surface area contributed by atoms with E-state index in [4.69, 9.17) is 0 Å². The highest BCUT2D eigenvalue weighted by molar-refractivity contribution is 5.02. The van der Waals surface area contributed by atoms with Crippen molar-refractivity contribution in [1.29, 1.82) is 0 Å². The topological polar surface area (TPSA) is 0 Å². The third kappa shape index (κ3) is 5.44. The molecule has 0 aliphatic heterocycles. The van der Waals surface area contributed by atoms with Gasteiger partial charge in [0.05, 0.1) is 0 Å². The Morgan fingerprint density at radius 2 is 1.29 bits per heavy atom. The van der Waals surface area contributed by atoms with E-state index in [9.17, 15) is 0 Å². The summed E-state index contributed by atoms with van der Waals surface area (Å²) in [6, 6.07) is 0. The second-order valence-electron chi connectivity index (χ2n) is 6.88. The molecule has 0 rings (SSSR count). The summed E-state index contributed by atoms with van der Waals surface area (Å²) in [5.41, 5.74) is 0.762. The van der Waals surface area contributed by atoms with Gasteiger partial charge in [0.2, 0.25) is 0 Å². The van der Waals surface area contributed by atoms with Gasteiger partial charge in [0.1, 0.15) is 0 Å². The molecule has 0 aliphatic rings. The quantitative estimate of drug-likeness (QED) is 0.418. The van der Waals surface area contributed by atoms with Gasteiger partial charge >= 0.3 is 0 Å². The lowest BCUT2D eigenvalue weighted by molar-refractivity contribution is 0.111. The van der Waals surface area contributed by atoms with Gasteiger partial charge in [-0.3, -0.25) is 0 Å². The Kier molecular flexibility index (Phi) is 7.44. The molecular weight excluding hydrogens is 204 g/mol. The van der Waals surface area contributed by atoms with Crippen LogP contribution in [0.3, 0.4) is 0 Å². The van der Waals surface area contributed by atoms with E-state index in [1.54, 1.807) is 5.92 Å². The number of hydrogen-bond acceptors (Lipinski definition) is 0. The molecule has 0 saturated heterocycles. The fraction of sp³-hybridized carbons (Fsp3) is 0.882. The lowest BCUT2D eigenvalue weighted by Gasteiger charge is -2.45. The first-order valence-corrected chi connectivity index (χ1v) is 7.35. The first-order valence-electron chi connectivity index (χ1n) is 7.35. The Bertz CT molecular complexity index is 186. The summed E-state index contributed by atoms with van der Waals surface area (Å²) in [5.74, 6) is 1.56. The first-order chi connectivity index (χ1) is 7.75. The molecule has 0 aromatic rings. The van der Waals surface area contributed by atoms with Crippen molar-refractivity contribution in [2.45, 2.75) is 86.5 Å². The Hall–Kier alpha value is 0. The SMILES string of the molecule is [CH2]CCCCCCCC(C)(C)C(C)(C)[C](C)C. The Morgan fingerprint density at radius 1 is 0.824 bits per heavy atom. The van der Waals surface area contributed by atoms with Crippen LogP contribution in [-0.2, 0) is 0 Å². The molecule has 0 spiro atoms. The minimum atomic E-state index is 0.348. The van der Waals surface area contributed by atoms with Crippen LogP contribution in [0.1, 0.15) is 86.5 Å². The molecule has 0 heteroatoms. The third-order valence-corrected chi connectivity index (χ3v) is 4.99. The van der Waals surface area contributed by atoms with E-state index in [1.165, 1.54) is 38.5 Å². The van der Waals surface area contributed by atoms with Gasteiger partial charge in [-0.1, -0.05) is 87.0 Å². The summed E-state index contributed by atoms with van der Waals surface area (Å²) in [7, 11) is 0. The second kappa shape index (κ2) is 7.44. The predicted molar refractivity (Wildman–Crippen MR) is 79.8 cm³/mol. The number of rotatable bonds is 9. The van der Waals surface area contributed by atoms with Crippen LogP contribution < -0.4 is 0 Å². The molecule has 0 aromatic carbocycles. The molecule has 0 aliphatic carbocycles. The van der Waals surface area contributed by atoms with Gasteiger partial charge in [0, 0.05) is 0 Å². The van der Waals surface area contributed by atoms with E-state index < -0.39 is 0 Å². The van der Waals surface area contributed by atoms with Crippen LogP contribution >= 0.6 is 0 Å². The van der Waals surface area contributed by atoms with Crippen molar-refractivity contribution in [2.75, 3.05) is 0 Å². The van der Waals surface area contributed by atoms with Crippen molar-refractivity contribution in [1.82, 2.24) is 0 Å². The summed E-state index contributed by atoms with van der Waals surface area (Å²) in [5, 5.41) is 0. The van der Waals surface area contributed by atoms with Crippen molar-refractivity contribution < 1.29 is 0 Å². The maximum atomic E-state index is 3.89. The van der Waals surface area contributed by atoms with Gasteiger partial charge in [-0.05, 0) is 23.2 Å². The van der Waals surface area contributed by atoms with Gasteiger partial charge < -0.3 is 0 Å². The predicted octanol–water partition coefficient (Wildman–Crippen LogP) is 6.22. The highest BCUT2D eigenvalue weighted by Gasteiger charge is 2.38. The van der Waals surface area contributed by atoms with E-state index in [1.807, 2.05) is 0 Å². The normalized spacial score (nSPS) is 13.4. The monoisotopic (exact) mass is 238 g/mol. The third-order valence-electron chi connectivity index (χ3n) is 4.99. The number of unbranched alkanes of at least 4 members (excludes halogenated alkanes) is 5. The fourth-order valence-corrected chi connectivity index (χ4v) is 2.26. The van der Waals surface area contributed by atoms with E-state index in [-0.39, 0.29) is 0 Å². The highest BCUT2D eigenvalue weighted by atomic mass is 14.4. The molecule has 102 valence electrons. The summed E-state index contributed by atoms with van der Waals surface area (Å²) in [4.78, 5) is 0. The lowest BCUT2D eigenvalue weighted by Crippen LogP contribution is -2.36. The molecule has 17 heavy (non-hydrogen) atoms. The molecule has 0 nitrogen and oxygen atoms in total. The van der Waals surface area contributed by atoms with E-state index in [0.717, 1.165) is 6.42 Å². The van der Waals surface area contributed by atoms with Gasteiger partial charge in [-0.25, -0.2) is 0 Å². The van der Waals surface area contributed by atoms with Crippen LogP contribution in [0, 0.1) is 23.7 Å². The van der Waals surface area contributed by atoms with Gasteiger partial charge in [0.15, 0.2) is 0 Å². The zero-order chi connectivity index (χ0) is 13.5. The molecular formula is C17H34. The summed E-state index contributed by atoms with van der Waals surface area (Å²) >= 11 is 0. The highest BCUT2D eigenvalue weighted by Crippen LogP contribution is 2.48. The Morgan fingerprint density at radius 3 is 1.76 bits per heavy atom. The zero-order valence-electron chi connectivity index (χ0n) is 13.2. The minimum Gasteiger partial charge on any atom is -0.0594 e. The van der Waals surface area contributed by atoms with Crippen LogP contribution in [0.25, 0.3) is 0 Å². The maximum absolute atomic E-state index is 3.89. The molecule has 0 heterocycles. The molecule has 0 N–H and O–H groups in total. The minimum absolute atomic E-state index is 0.348. The maximum Gasteiger partial charge on any atom is -0.0241 e. The summed E-state index contributed by atoms with van der Waals surface area (Å²) in [6.45, 7) is 18.1. The summed E-state index contributed by atoms with van der Waals surface area (Å²) in [6.07, 6.45) is 9.27.